The van der Waals surface area contributed by atoms with Crippen LogP contribution < -0.4 is 9.62 Å². The maximum Gasteiger partial charge on any atom is 0.413 e. The van der Waals surface area contributed by atoms with E-state index >= 15 is 0 Å². The number of hydrogen-bond donors (Lipinski definition) is 2. The number of nitrogens with one attached hydrogen (secondary N) is 1. The second-order valence-electron chi connectivity index (χ2n) is 7.94. The van der Waals surface area contributed by atoms with E-state index in [0.29, 0.717) is 35.5 Å². The summed E-state index contributed by atoms with van der Waals surface area (Å²) in [6.07, 6.45) is -0.00155. The fourth-order valence-electron chi connectivity index (χ4n) is 3.56. The molecule has 0 aliphatic heterocycles. The van der Waals surface area contributed by atoms with Gasteiger partial charge in [0.1, 0.15) is 5.82 Å². The Kier molecular flexibility index (Phi) is 5.78. The maximum atomic E-state index is 13.8. The van der Waals surface area contributed by atoms with Crippen molar-refractivity contribution in [3.05, 3.63) is 53.5 Å². The van der Waals surface area contributed by atoms with Gasteiger partial charge in [0.05, 0.1) is 28.4 Å². The molecule has 12 heteroatoms. The molecule has 2 heterocycles. The number of sulfonamides is 1. The van der Waals surface area contributed by atoms with E-state index in [1.807, 2.05) is 0 Å². The van der Waals surface area contributed by atoms with Crippen LogP contribution in [0.5, 0.6) is 0 Å². The molecule has 1 saturated carbocycles. The van der Waals surface area contributed by atoms with Crippen molar-refractivity contribution >= 4 is 27.6 Å². The lowest BCUT2D eigenvalue weighted by Crippen LogP contribution is -2.34. The van der Waals surface area contributed by atoms with E-state index in [0.717, 1.165) is 4.90 Å². The smallest absolute Gasteiger partial charge is 0.413 e. The predicted molar refractivity (Wildman–Crippen MR) is 120 cm³/mol. The first-order valence-corrected chi connectivity index (χ1v) is 11.8. The van der Waals surface area contributed by atoms with E-state index in [9.17, 15) is 22.7 Å². The molecule has 1 atom stereocenters. The van der Waals surface area contributed by atoms with Crippen molar-refractivity contribution in [1.82, 2.24) is 20.0 Å². The van der Waals surface area contributed by atoms with Crippen LogP contribution in [0.4, 0.5) is 20.7 Å². The van der Waals surface area contributed by atoms with Gasteiger partial charge in [-0.3, -0.25) is 9.62 Å². The van der Waals surface area contributed by atoms with Crippen molar-refractivity contribution in [2.45, 2.75) is 38.0 Å². The van der Waals surface area contributed by atoms with Crippen molar-refractivity contribution in [2.75, 3.05) is 9.62 Å². The zero-order chi connectivity index (χ0) is 23.9. The summed E-state index contributed by atoms with van der Waals surface area (Å²) in [4.78, 5) is 17.7. The molecule has 0 spiro atoms. The Morgan fingerprint density at radius 3 is 2.64 bits per heavy atom. The summed E-state index contributed by atoms with van der Waals surface area (Å²) in [5.41, 5.74) is 1.73. The van der Waals surface area contributed by atoms with Gasteiger partial charge in [0.25, 0.3) is 0 Å². The lowest BCUT2D eigenvalue weighted by atomic mass is 10.1. The summed E-state index contributed by atoms with van der Waals surface area (Å²) in [6.45, 7) is 3.28. The molecule has 3 aromatic rings. The third kappa shape index (κ3) is 4.51. The minimum absolute atomic E-state index is 0.150. The highest BCUT2D eigenvalue weighted by atomic mass is 32.2. The van der Waals surface area contributed by atoms with Crippen LogP contribution in [0.25, 0.3) is 11.4 Å². The van der Waals surface area contributed by atoms with Crippen LogP contribution in [0.2, 0.25) is 0 Å². The van der Waals surface area contributed by atoms with Crippen molar-refractivity contribution in [1.29, 1.82) is 0 Å². The molecule has 0 bridgehead atoms. The third-order valence-electron chi connectivity index (χ3n) is 5.49. The first kappa shape index (κ1) is 22.6. The van der Waals surface area contributed by atoms with Gasteiger partial charge in [0.2, 0.25) is 10.0 Å². The van der Waals surface area contributed by atoms with Gasteiger partial charge in [0, 0.05) is 7.05 Å². The number of rotatable bonds is 7. The number of benzene rings is 1. The number of aromatic nitrogens is 4. The largest absolute Gasteiger partial charge is 0.465 e. The Balaban J connectivity index is 1.72. The summed E-state index contributed by atoms with van der Waals surface area (Å²) < 4.78 is 42.1. The van der Waals surface area contributed by atoms with Crippen LogP contribution in [0, 0.1) is 12.7 Å². The molecule has 1 fully saturated rings. The first-order chi connectivity index (χ1) is 15.6. The van der Waals surface area contributed by atoms with Crippen molar-refractivity contribution in [3.8, 4) is 11.4 Å². The quantitative estimate of drug-likeness (QED) is 0.536. The summed E-state index contributed by atoms with van der Waals surface area (Å²) in [7, 11) is -1.91. The van der Waals surface area contributed by atoms with Gasteiger partial charge < -0.3 is 5.11 Å². The molecule has 1 amide bonds. The molecule has 2 aromatic heterocycles. The number of aryl methyl sites for hydroxylation is 2. The van der Waals surface area contributed by atoms with E-state index in [1.165, 1.54) is 22.9 Å². The second-order valence-corrected chi connectivity index (χ2v) is 9.91. The highest BCUT2D eigenvalue weighted by molar-refractivity contribution is 7.93. The zero-order valence-corrected chi connectivity index (χ0v) is 19.0. The number of hydrogen-bond acceptors (Lipinski definition) is 6. The average molecular weight is 475 g/mol. The second kappa shape index (κ2) is 8.43. The molecular formula is C21H23FN6O4S. The highest BCUT2D eigenvalue weighted by Crippen LogP contribution is 2.35. The maximum absolute atomic E-state index is 13.8. The summed E-state index contributed by atoms with van der Waals surface area (Å²) in [5.74, 6) is -0.327. The first-order valence-electron chi connectivity index (χ1n) is 10.3. The lowest BCUT2D eigenvalue weighted by Gasteiger charge is -2.27. The number of carbonyl (C=O) groups is 1. The SMILES string of the molecule is Cc1nc(-c2nnn(C)c2N(C(=O)O)C(C)c2cccc(F)c2)ccc1NS(=O)(=O)C1CC1. The standard InChI is InChI=1S/C21H23FN6O4S/c1-12-17(25-33(31,32)16-7-8-16)9-10-18(23-12)19-20(27(3)26-24-19)28(21(29)30)13(2)14-5-4-6-15(22)11-14/h4-6,9-11,13,16,25H,7-8H2,1-3H3,(H,29,30). The highest BCUT2D eigenvalue weighted by Gasteiger charge is 2.36. The molecule has 1 aliphatic rings. The van der Waals surface area contributed by atoms with Gasteiger partial charge in [-0.1, -0.05) is 17.3 Å². The Bertz CT molecular complexity index is 1320. The Hall–Kier alpha value is -3.54. The normalized spacial score (nSPS) is 14.7. The monoisotopic (exact) mass is 474 g/mol. The fourth-order valence-corrected chi connectivity index (χ4v) is 5.00. The van der Waals surface area contributed by atoms with Crippen LogP contribution in [0.3, 0.4) is 0 Å². The number of anilines is 2. The van der Waals surface area contributed by atoms with Crippen LogP contribution in [0.15, 0.2) is 36.4 Å². The van der Waals surface area contributed by atoms with Gasteiger partial charge >= 0.3 is 6.09 Å². The van der Waals surface area contributed by atoms with Crippen molar-refractivity contribution < 1.29 is 22.7 Å². The molecule has 1 unspecified atom stereocenters. The van der Waals surface area contributed by atoms with Gasteiger partial charge in [-0.05, 0) is 56.5 Å². The number of pyridine rings is 1. The Morgan fingerprint density at radius 1 is 1.30 bits per heavy atom. The Labute approximate surface area is 190 Å². The number of nitrogens with zero attached hydrogens (tertiary/aromatic N) is 5. The minimum Gasteiger partial charge on any atom is -0.465 e. The van der Waals surface area contributed by atoms with Crippen LogP contribution in [-0.2, 0) is 17.1 Å². The third-order valence-corrected chi connectivity index (χ3v) is 7.35. The summed E-state index contributed by atoms with van der Waals surface area (Å²) in [6, 6.07) is 8.07. The van der Waals surface area contributed by atoms with E-state index in [-0.39, 0.29) is 16.8 Å². The zero-order valence-electron chi connectivity index (χ0n) is 18.2. The molecule has 0 radical (unpaired) electrons. The molecular weight excluding hydrogens is 451 g/mol. The van der Waals surface area contributed by atoms with Gasteiger partial charge in [0.15, 0.2) is 11.5 Å². The van der Waals surface area contributed by atoms with Crippen LogP contribution in [-0.4, -0.2) is 44.8 Å². The lowest BCUT2D eigenvalue weighted by molar-refractivity contribution is 0.199. The van der Waals surface area contributed by atoms with Crippen molar-refractivity contribution in [2.24, 2.45) is 7.05 Å². The molecule has 174 valence electrons. The van der Waals surface area contributed by atoms with E-state index in [2.05, 4.69) is 20.0 Å². The average Bonchev–Trinajstić information content (AvgIpc) is 3.55. The number of halogens is 1. The molecule has 1 aromatic carbocycles. The van der Waals surface area contributed by atoms with E-state index < -0.39 is 28.0 Å². The Morgan fingerprint density at radius 2 is 2.03 bits per heavy atom. The predicted octanol–water partition coefficient (Wildman–Crippen LogP) is 3.47. The fraction of sp³-hybridized carbons (Fsp3) is 0.333. The molecule has 1 aliphatic carbocycles. The van der Waals surface area contributed by atoms with E-state index in [4.69, 9.17) is 0 Å². The molecule has 10 nitrogen and oxygen atoms in total. The summed E-state index contributed by atoms with van der Waals surface area (Å²) in [5, 5.41) is 17.7. The number of amides is 1. The van der Waals surface area contributed by atoms with Gasteiger partial charge in [-0.2, -0.15) is 0 Å². The van der Waals surface area contributed by atoms with Gasteiger partial charge in [-0.15, -0.1) is 5.10 Å². The molecule has 0 saturated heterocycles. The topological polar surface area (TPSA) is 130 Å². The summed E-state index contributed by atoms with van der Waals surface area (Å²) >= 11 is 0. The van der Waals surface area contributed by atoms with E-state index in [1.54, 1.807) is 39.1 Å². The van der Waals surface area contributed by atoms with Crippen molar-refractivity contribution in [3.63, 3.8) is 0 Å². The van der Waals surface area contributed by atoms with Crippen LogP contribution >= 0.6 is 0 Å². The number of carboxylic acid groups (broad SMARTS) is 1. The van der Waals surface area contributed by atoms with Crippen LogP contribution in [0.1, 0.15) is 37.1 Å². The molecule has 33 heavy (non-hydrogen) atoms. The minimum atomic E-state index is -3.45. The molecule has 4 rings (SSSR count). The molecule has 2 N–H and O–H groups in total. The van der Waals surface area contributed by atoms with Gasteiger partial charge in [-0.25, -0.2) is 27.3 Å².